The lowest BCUT2D eigenvalue weighted by Crippen LogP contribution is -2.26. The Hall–Kier alpha value is -1.64. The van der Waals surface area contributed by atoms with Gasteiger partial charge in [-0.1, -0.05) is 19.6 Å². The maximum absolute atomic E-state index is 12.3. The van der Waals surface area contributed by atoms with E-state index in [-0.39, 0.29) is 18.5 Å². The Morgan fingerprint density at radius 1 is 1.36 bits per heavy atom. The van der Waals surface area contributed by atoms with Gasteiger partial charge in [0.1, 0.15) is 24.1 Å². The van der Waals surface area contributed by atoms with Gasteiger partial charge in [0.25, 0.3) is 0 Å². The smallest absolute Gasteiger partial charge is 0.329 e. The van der Waals surface area contributed by atoms with Crippen LogP contribution in [-0.4, -0.2) is 48.5 Å². The molecule has 0 aliphatic carbocycles. The Bertz CT molecular complexity index is 759. The molecule has 0 saturated carbocycles. The molecule has 1 aliphatic heterocycles. The maximum atomic E-state index is 12.3. The number of imidazole rings is 1. The van der Waals surface area contributed by atoms with Crippen molar-refractivity contribution >= 4 is 19.2 Å². The number of H-pyrrole nitrogens is 1. The molecular weight excluding hydrogens is 338 g/mol. The summed E-state index contributed by atoms with van der Waals surface area (Å²) in [5, 5.41) is 0. The Morgan fingerprint density at radius 3 is 2.84 bits per heavy atom. The van der Waals surface area contributed by atoms with E-state index in [0.29, 0.717) is 36.7 Å². The normalized spacial score (nSPS) is 16.4. The van der Waals surface area contributed by atoms with E-state index >= 15 is 0 Å². The van der Waals surface area contributed by atoms with Crippen molar-refractivity contribution in [1.82, 2.24) is 14.5 Å². The van der Waals surface area contributed by atoms with Gasteiger partial charge in [0.05, 0.1) is 13.2 Å². The van der Waals surface area contributed by atoms with Crippen LogP contribution in [0.5, 0.6) is 5.75 Å². The van der Waals surface area contributed by atoms with Crippen molar-refractivity contribution in [2.24, 2.45) is 0 Å². The first kappa shape index (κ1) is 18.2. The fourth-order valence-corrected chi connectivity index (χ4v) is 3.51. The summed E-state index contributed by atoms with van der Waals surface area (Å²) in [5.74, 6) is 0.662. The number of hydrogen-bond acceptors (Lipinski definition) is 5. The molecule has 3 rings (SSSR count). The molecule has 2 aromatic rings. The molecule has 25 heavy (non-hydrogen) atoms. The molecule has 0 bridgehead atoms. The summed E-state index contributed by atoms with van der Waals surface area (Å²) >= 11 is 0. The van der Waals surface area contributed by atoms with Crippen molar-refractivity contribution in [3.8, 4) is 5.75 Å². The molecule has 7 nitrogen and oxygen atoms in total. The summed E-state index contributed by atoms with van der Waals surface area (Å²) < 4.78 is 18.7. The fourth-order valence-electron chi connectivity index (χ4n) is 2.75. The summed E-state index contributed by atoms with van der Waals surface area (Å²) in [6, 6.07) is 2.86. The molecular formula is C17H27N3O4Si. The summed E-state index contributed by atoms with van der Waals surface area (Å²) in [6.45, 7) is 9.19. The zero-order chi connectivity index (χ0) is 17.9. The van der Waals surface area contributed by atoms with Crippen LogP contribution in [0.2, 0.25) is 25.7 Å². The van der Waals surface area contributed by atoms with Gasteiger partial charge in [0.2, 0.25) is 0 Å². The van der Waals surface area contributed by atoms with E-state index in [2.05, 4.69) is 29.6 Å². The van der Waals surface area contributed by atoms with Crippen molar-refractivity contribution in [3.63, 3.8) is 0 Å². The first-order valence-electron chi connectivity index (χ1n) is 8.84. The third-order valence-corrected chi connectivity index (χ3v) is 6.01. The summed E-state index contributed by atoms with van der Waals surface area (Å²) in [5.41, 5.74) is 0.980. The lowest BCUT2D eigenvalue weighted by Gasteiger charge is -2.23. The first-order valence-corrected chi connectivity index (χ1v) is 12.5. The maximum Gasteiger partial charge on any atom is 0.329 e. The Kier molecular flexibility index (Phi) is 5.60. The van der Waals surface area contributed by atoms with Crippen LogP contribution in [0.1, 0.15) is 12.8 Å². The largest absolute Gasteiger partial charge is 0.488 e. The van der Waals surface area contributed by atoms with Gasteiger partial charge in [-0.3, -0.25) is 4.57 Å². The quantitative estimate of drug-likeness (QED) is 0.603. The van der Waals surface area contributed by atoms with Gasteiger partial charge >= 0.3 is 5.69 Å². The number of nitrogens with one attached hydrogen (secondary N) is 1. The SMILES string of the molecule is C[Si](C)(C)CCOCn1c(=O)[nH]c2c(OC3CCOCC3)ccnc21. The molecule has 1 saturated heterocycles. The van der Waals surface area contributed by atoms with Crippen LogP contribution in [0, 0.1) is 0 Å². The number of pyridine rings is 1. The minimum atomic E-state index is -1.15. The molecule has 0 amide bonds. The number of aromatic amines is 1. The lowest BCUT2D eigenvalue weighted by atomic mass is 10.1. The van der Waals surface area contributed by atoms with Gasteiger partial charge in [-0.05, 0) is 6.04 Å². The van der Waals surface area contributed by atoms with Gasteiger partial charge in [-0.25, -0.2) is 9.78 Å². The number of hydrogen-bond donors (Lipinski definition) is 1. The molecule has 0 atom stereocenters. The van der Waals surface area contributed by atoms with Crippen molar-refractivity contribution in [3.05, 3.63) is 22.7 Å². The lowest BCUT2D eigenvalue weighted by molar-refractivity contribution is 0.0261. The molecule has 0 spiro atoms. The topological polar surface area (TPSA) is 78.4 Å². The second kappa shape index (κ2) is 7.71. The van der Waals surface area contributed by atoms with E-state index in [1.54, 1.807) is 12.3 Å². The molecule has 8 heteroatoms. The van der Waals surface area contributed by atoms with Crippen LogP contribution in [0.25, 0.3) is 11.2 Å². The van der Waals surface area contributed by atoms with E-state index in [0.717, 1.165) is 18.9 Å². The number of rotatable bonds is 7. The minimum absolute atomic E-state index is 0.110. The van der Waals surface area contributed by atoms with E-state index in [4.69, 9.17) is 14.2 Å². The second-order valence-electron chi connectivity index (χ2n) is 7.64. The summed E-state index contributed by atoms with van der Waals surface area (Å²) in [4.78, 5) is 19.5. The predicted octanol–water partition coefficient (Wildman–Crippen LogP) is 2.59. The van der Waals surface area contributed by atoms with Gasteiger partial charge < -0.3 is 19.2 Å². The summed E-state index contributed by atoms with van der Waals surface area (Å²) in [6.07, 6.45) is 3.49. The zero-order valence-electron chi connectivity index (χ0n) is 15.2. The van der Waals surface area contributed by atoms with Gasteiger partial charge in [0, 0.05) is 39.8 Å². The van der Waals surface area contributed by atoms with Crippen LogP contribution in [0.15, 0.2) is 17.1 Å². The number of ether oxygens (including phenoxy) is 3. The standard InChI is InChI=1S/C17H27N3O4Si/c1-25(2,3)11-10-23-12-20-16-15(19-17(20)21)14(4-7-18-16)24-13-5-8-22-9-6-13/h4,7,13H,5-6,8-12H2,1-3H3,(H,19,21). The molecule has 2 aromatic heterocycles. The third kappa shape index (κ3) is 4.71. The fraction of sp³-hybridized carbons (Fsp3) is 0.647. The van der Waals surface area contributed by atoms with Crippen molar-refractivity contribution in [2.75, 3.05) is 19.8 Å². The number of fused-ring (bicyclic) bond motifs is 1. The van der Waals surface area contributed by atoms with Crippen LogP contribution in [0.3, 0.4) is 0 Å². The number of nitrogens with zero attached hydrogens (tertiary/aromatic N) is 2. The first-order chi connectivity index (χ1) is 11.9. The predicted molar refractivity (Wildman–Crippen MR) is 98.9 cm³/mol. The molecule has 0 aromatic carbocycles. The van der Waals surface area contributed by atoms with Crippen molar-refractivity contribution in [2.45, 2.75) is 51.4 Å². The highest BCUT2D eigenvalue weighted by molar-refractivity contribution is 6.76. The van der Waals surface area contributed by atoms with Crippen LogP contribution in [0.4, 0.5) is 0 Å². The average Bonchev–Trinajstić information content (AvgIpc) is 2.88. The van der Waals surface area contributed by atoms with Crippen LogP contribution in [-0.2, 0) is 16.2 Å². The molecule has 1 aliphatic rings. The monoisotopic (exact) mass is 365 g/mol. The molecule has 1 N–H and O–H groups in total. The molecule has 0 radical (unpaired) electrons. The average molecular weight is 366 g/mol. The van der Waals surface area contributed by atoms with Gasteiger partial charge in [0.15, 0.2) is 5.65 Å². The van der Waals surface area contributed by atoms with Gasteiger partial charge in [-0.2, -0.15) is 0 Å². The second-order valence-corrected chi connectivity index (χ2v) is 13.3. The highest BCUT2D eigenvalue weighted by Crippen LogP contribution is 2.24. The minimum Gasteiger partial charge on any atom is -0.488 e. The zero-order valence-corrected chi connectivity index (χ0v) is 16.2. The van der Waals surface area contributed by atoms with E-state index in [1.165, 1.54) is 4.57 Å². The Morgan fingerprint density at radius 2 is 2.12 bits per heavy atom. The number of aromatic nitrogens is 3. The van der Waals surface area contributed by atoms with Gasteiger partial charge in [-0.15, -0.1) is 0 Å². The van der Waals surface area contributed by atoms with Crippen LogP contribution < -0.4 is 10.4 Å². The Balaban J connectivity index is 1.73. The van der Waals surface area contributed by atoms with Crippen molar-refractivity contribution in [1.29, 1.82) is 0 Å². The van der Waals surface area contributed by atoms with E-state index < -0.39 is 8.07 Å². The molecule has 0 unspecified atom stereocenters. The molecule has 1 fully saturated rings. The summed E-state index contributed by atoms with van der Waals surface area (Å²) in [7, 11) is -1.15. The van der Waals surface area contributed by atoms with Crippen LogP contribution >= 0.6 is 0 Å². The highest BCUT2D eigenvalue weighted by Gasteiger charge is 2.19. The molecule has 3 heterocycles. The third-order valence-electron chi connectivity index (χ3n) is 4.30. The van der Waals surface area contributed by atoms with Crippen molar-refractivity contribution < 1.29 is 14.2 Å². The highest BCUT2D eigenvalue weighted by atomic mass is 28.3. The van der Waals surface area contributed by atoms with E-state index in [9.17, 15) is 4.79 Å². The Labute approximate surface area is 148 Å². The van der Waals surface area contributed by atoms with E-state index in [1.807, 2.05) is 0 Å². The molecule has 138 valence electrons.